The second-order valence-electron chi connectivity index (χ2n) is 5.50. The van der Waals surface area contributed by atoms with Gasteiger partial charge in [0.1, 0.15) is 5.75 Å². The zero-order valence-electron chi connectivity index (χ0n) is 14.7. The number of benzene rings is 2. The number of carbonyl (C=O) groups excluding carboxylic acids is 1. The van der Waals surface area contributed by atoms with Crippen LogP contribution in [0.15, 0.2) is 58.9 Å². The molecule has 0 aliphatic heterocycles. The predicted octanol–water partition coefficient (Wildman–Crippen LogP) is 4.25. The zero-order valence-corrected chi connectivity index (χ0v) is 17.1. The molecule has 0 aliphatic rings. The van der Waals surface area contributed by atoms with Crippen molar-refractivity contribution in [3.8, 4) is 5.75 Å². The standard InChI is InChI=1S/C18H16ClN3O4S2/c1-2-26-16-7-6-14(28(24,25)22-18-20-8-9-27-18)11-15(16)21-17(23)12-4-3-5-13(19)10-12/h3-11H,2H2,1H3,(H,20,22)(H,21,23). The number of rotatable bonds is 7. The number of carbonyl (C=O) groups is 1. The van der Waals surface area contributed by atoms with Gasteiger partial charge in [0.2, 0.25) is 0 Å². The number of sulfonamides is 1. The summed E-state index contributed by atoms with van der Waals surface area (Å²) in [7, 11) is -3.87. The van der Waals surface area contributed by atoms with E-state index in [0.29, 0.717) is 22.9 Å². The quantitative estimate of drug-likeness (QED) is 0.575. The molecule has 0 unspecified atom stereocenters. The number of amides is 1. The van der Waals surface area contributed by atoms with E-state index in [0.717, 1.165) is 11.3 Å². The highest BCUT2D eigenvalue weighted by Crippen LogP contribution is 2.29. The number of hydrogen-bond donors (Lipinski definition) is 2. The van der Waals surface area contributed by atoms with Crippen molar-refractivity contribution in [3.63, 3.8) is 0 Å². The molecule has 2 N–H and O–H groups in total. The molecular formula is C18H16ClN3O4S2. The lowest BCUT2D eigenvalue weighted by Crippen LogP contribution is -2.16. The van der Waals surface area contributed by atoms with Crippen LogP contribution in [0.1, 0.15) is 17.3 Å². The largest absolute Gasteiger partial charge is 0.492 e. The first-order valence-corrected chi connectivity index (χ1v) is 10.9. The molecule has 0 spiro atoms. The van der Waals surface area contributed by atoms with Gasteiger partial charge >= 0.3 is 0 Å². The van der Waals surface area contributed by atoms with Gasteiger partial charge in [-0.2, -0.15) is 0 Å². The minimum atomic E-state index is -3.87. The van der Waals surface area contributed by atoms with Crippen LogP contribution in [0.2, 0.25) is 5.02 Å². The minimum Gasteiger partial charge on any atom is -0.492 e. The van der Waals surface area contributed by atoms with Gasteiger partial charge in [0.15, 0.2) is 5.13 Å². The van der Waals surface area contributed by atoms with E-state index in [4.69, 9.17) is 16.3 Å². The van der Waals surface area contributed by atoms with Crippen LogP contribution in [-0.2, 0) is 10.0 Å². The number of aromatic nitrogens is 1. The molecular weight excluding hydrogens is 422 g/mol. The molecule has 146 valence electrons. The molecule has 0 saturated heterocycles. The van der Waals surface area contributed by atoms with Crippen molar-refractivity contribution in [2.45, 2.75) is 11.8 Å². The fourth-order valence-electron chi connectivity index (χ4n) is 2.33. The van der Waals surface area contributed by atoms with Crippen LogP contribution in [0.25, 0.3) is 0 Å². The Morgan fingerprint density at radius 1 is 1.25 bits per heavy atom. The van der Waals surface area contributed by atoms with Crippen molar-refractivity contribution in [3.05, 3.63) is 64.6 Å². The van der Waals surface area contributed by atoms with E-state index in [1.165, 1.54) is 30.5 Å². The number of halogens is 1. The summed E-state index contributed by atoms with van der Waals surface area (Å²) >= 11 is 7.09. The average molecular weight is 438 g/mol. The Bertz CT molecular complexity index is 1090. The third kappa shape index (κ3) is 4.80. The molecule has 1 amide bonds. The van der Waals surface area contributed by atoms with Crippen LogP contribution in [0.5, 0.6) is 5.75 Å². The Morgan fingerprint density at radius 2 is 2.07 bits per heavy atom. The number of anilines is 2. The molecule has 0 radical (unpaired) electrons. The lowest BCUT2D eigenvalue weighted by molar-refractivity contribution is 0.102. The Kier molecular flexibility index (Phi) is 6.18. The van der Waals surface area contributed by atoms with Crippen LogP contribution < -0.4 is 14.8 Å². The highest BCUT2D eigenvalue weighted by atomic mass is 35.5. The summed E-state index contributed by atoms with van der Waals surface area (Å²) in [6, 6.07) is 10.7. The Labute approximate surface area is 171 Å². The van der Waals surface area contributed by atoms with Gasteiger partial charge in [-0.1, -0.05) is 17.7 Å². The third-order valence-electron chi connectivity index (χ3n) is 3.55. The van der Waals surface area contributed by atoms with Crippen molar-refractivity contribution in [1.82, 2.24) is 4.98 Å². The summed E-state index contributed by atoms with van der Waals surface area (Å²) in [5.41, 5.74) is 0.568. The first-order chi connectivity index (χ1) is 13.4. The molecule has 0 saturated carbocycles. The first kappa shape index (κ1) is 20.1. The van der Waals surface area contributed by atoms with Crippen molar-refractivity contribution in [1.29, 1.82) is 0 Å². The maximum Gasteiger partial charge on any atom is 0.263 e. The van der Waals surface area contributed by atoms with E-state index in [2.05, 4.69) is 15.0 Å². The summed E-state index contributed by atoms with van der Waals surface area (Å²) in [6.45, 7) is 2.14. The smallest absolute Gasteiger partial charge is 0.263 e. The van der Waals surface area contributed by atoms with Gasteiger partial charge in [-0.05, 0) is 43.3 Å². The van der Waals surface area contributed by atoms with Crippen molar-refractivity contribution in [2.75, 3.05) is 16.6 Å². The van der Waals surface area contributed by atoms with Crippen molar-refractivity contribution in [2.24, 2.45) is 0 Å². The normalized spacial score (nSPS) is 11.1. The predicted molar refractivity (Wildman–Crippen MR) is 110 cm³/mol. The molecule has 1 aromatic heterocycles. The third-order valence-corrected chi connectivity index (χ3v) is 5.94. The molecule has 7 nitrogen and oxygen atoms in total. The van der Waals surface area contributed by atoms with Gasteiger partial charge < -0.3 is 10.1 Å². The number of nitrogens with one attached hydrogen (secondary N) is 2. The van der Waals surface area contributed by atoms with E-state index >= 15 is 0 Å². The van der Waals surface area contributed by atoms with Gasteiger partial charge in [-0.25, -0.2) is 13.4 Å². The number of hydrogen-bond acceptors (Lipinski definition) is 6. The van der Waals surface area contributed by atoms with E-state index in [1.54, 1.807) is 30.5 Å². The van der Waals surface area contributed by atoms with E-state index < -0.39 is 15.9 Å². The first-order valence-electron chi connectivity index (χ1n) is 8.15. The fraction of sp³-hybridized carbons (Fsp3) is 0.111. The topological polar surface area (TPSA) is 97.4 Å². The van der Waals surface area contributed by atoms with E-state index in [-0.39, 0.29) is 15.7 Å². The molecule has 3 aromatic rings. The second kappa shape index (κ2) is 8.59. The SMILES string of the molecule is CCOc1ccc(S(=O)(=O)Nc2nccs2)cc1NC(=O)c1cccc(Cl)c1. The average Bonchev–Trinajstić information content (AvgIpc) is 3.15. The molecule has 1 heterocycles. The van der Waals surface area contributed by atoms with Crippen LogP contribution in [0.3, 0.4) is 0 Å². The van der Waals surface area contributed by atoms with Gasteiger partial charge in [0.25, 0.3) is 15.9 Å². The van der Waals surface area contributed by atoms with Crippen molar-refractivity contribution < 1.29 is 17.9 Å². The van der Waals surface area contributed by atoms with Crippen LogP contribution >= 0.6 is 22.9 Å². The van der Waals surface area contributed by atoms with E-state index in [9.17, 15) is 13.2 Å². The van der Waals surface area contributed by atoms with Crippen LogP contribution in [-0.4, -0.2) is 25.9 Å². The van der Waals surface area contributed by atoms with Gasteiger partial charge in [-0.3, -0.25) is 9.52 Å². The molecule has 0 bridgehead atoms. The fourth-order valence-corrected chi connectivity index (χ4v) is 4.33. The van der Waals surface area contributed by atoms with Gasteiger partial charge in [-0.15, -0.1) is 11.3 Å². The Morgan fingerprint density at radius 3 is 2.75 bits per heavy atom. The minimum absolute atomic E-state index is 0.0347. The molecule has 2 aromatic carbocycles. The van der Waals surface area contributed by atoms with Crippen molar-refractivity contribution >= 4 is 49.7 Å². The molecule has 0 aliphatic carbocycles. The summed E-state index contributed by atoms with van der Waals surface area (Å²) < 4.78 is 33.1. The number of ether oxygens (including phenoxy) is 1. The van der Waals surface area contributed by atoms with Gasteiger partial charge in [0, 0.05) is 22.2 Å². The summed E-state index contributed by atoms with van der Waals surface area (Å²) in [5, 5.41) is 5.01. The molecule has 3 rings (SSSR count). The number of nitrogens with zero attached hydrogens (tertiary/aromatic N) is 1. The van der Waals surface area contributed by atoms with Crippen LogP contribution in [0, 0.1) is 0 Å². The zero-order chi connectivity index (χ0) is 20.1. The highest BCUT2D eigenvalue weighted by molar-refractivity contribution is 7.93. The summed E-state index contributed by atoms with van der Waals surface area (Å²) in [5.74, 6) is -0.0861. The molecule has 28 heavy (non-hydrogen) atoms. The van der Waals surface area contributed by atoms with Gasteiger partial charge in [0.05, 0.1) is 17.2 Å². The highest BCUT2D eigenvalue weighted by Gasteiger charge is 2.19. The molecule has 10 heteroatoms. The summed E-state index contributed by atoms with van der Waals surface area (Å²) in [6.07, 6.45) is 1.50. The number of thiazole rings is 1. The monoisotopic (exact) mass is 437 g/mol. The molecule has 0 fully saturated rings. The van der Waals surface area contributed by atoms with Crippen LogP contribution in [0.4, 0.5) is 10.8 Å². The maximum atomic E-state index is 12.6. The van der Waals surface area contributed by atoms with E-state index in [1.807, 2.05) is 0 Å². The summed E-state index contributed by atoms with van der Waals surface area (Å²) in [4.78, 5) is 16.4. The lowest BCUT2D eigenvalue weighted by atomic mass is 10.2. The molecule has 0 atom stereocenters. The lowest BCUT2D eigenvalue weighted by Gasteiger charge is -2.14. The maximum absolute atomic E-state index is 12.6. The Balaban J connectivity index is 1.92. The second-order valence-corrected chi connectivity index (χ2v) is 8.51. The Hall–Kier alpha value is -2.62.